The van der Waals surface area contributed by atoms with Crippen molar-refractivity contribution in [2.24, 2.45) is 10.9 Å². The van der Waals surface area contributed by atoms with E-state index in [1.807, 2.05) is 5.16 Å². The van der Waals surface area contributed by atoms with Gasteiger partial charge in [0.05, 0.1) is 10.7 Å². The summed E-state index contributed by atoms with van der Waals surface area (Å²) in [4.78, 5) is 3.40. The van der Waals surface area contributed by atoms with Crippen LogP contribution in [0.1, 0.15) is 48.4 Å². The number of halogens is 4. The number of hydrogen-bond donors (Lipinski definition) is 0. The molecule has 0 spiro atoms. The molecule has 172 valence electrons. The number of benzene rings is 3. The summed E-state index contributed by atoms with van der Waals surface area (Å²) in [6.07, 6.45) is 4.32. The zero-order valence-electron chi connectivity index (χ0n) is 18.5. The molecule has 6 heteroatoms. The summed E-state index contributed by atoms with van der Waals surface area (Å²) in [7, 11) is 0. The number of rotatable bonds is 4. The molecule has 0 fully saturated rings. The van der Waals surface area contributed by atoms with Crippen LogP contribution in [0.5, 0.6) is 0 Å². The van der Waals surface area contributed by atoms with Crippen molar-refractivity contribution in [1.29, 1.82) is 0 Å². The van der Waals surface area contributed by atoms with E-state index < -0.39 is 29.0 Å². The molecule has 1 nitrogen and oxygen atoms in total. The van der Waals surface area contributed by atoms with Gasteiger partial charge < -0.3 is 0 Å². The number of hydrogen-bond acceptors (Lipinski definition) is 2. The van der Waals surface area contributed by atoms with Crippen LogP contribution in [0.15, 0.2) is 47.5 Å². The van der Waals surface area contributed by atoms with Crippen LogP contribution >= 0.6 is 12.2 Å². The summed E-state index contributed by atoms with van der Waals surface area (Å²) in [5.41, 5.74) is 1.98. The zero-order chi connectivity index (χ0) is 24.2. The molecule has 0 aromatic heterocycles. The molecule has 0 aliphatic heterocycles. The first-order chi connectivity index (χ1) is 16.4. The monoisotopic (exact) mass is 479 g/mol. The molecule has 0 saturated heterocycles. The van der Waals surface area contributed by atoms with E-state index in [0.717, 1.165) is 37.0 Å². The fourth-order valence-corrected chi connectivity index (χ4v) is 4.55. The first kappa shape index (κ1) is 23.9. The predicted molar refractivity (Wildman–Crippen MR) is 129 cm³/mol. The van der Waals surface area contributed by atoms with E-state index >= 15 is 4.39 Å². The maximum Gasteiger partial charge on any atom is 0.153 e. The highest BCUT2D eigenvalue weighted by atomic mass is 32.1. The van der Waals surface area contributed by atoms with Gasteiger partial charge in [0.15, 0.2) is 11.6 Å². The number of isothiocyanates is 1. The average molecular weight is 480 g/mol. The van der Waals surface area contributed by atoms with Crippen LogP contribution in [0.2, 0.25) is 0 Å². The Balaban J connectivity index is 1.59. The molecule has 3 aromatic carbocycles. The zero-order valence-corrected chi connectivity index (χ0v) is 19.3. The summed E-state index contributed by atoms with van der Waals surface area (Å²) in [5, 5.41) is 1.95. The van der Waals surface area contributed by atoms with E-state index in [-0.39, 0.29) is 5.56 Å². The molecule has 0 amide bonds. The number of nitrogens with zero attached hydrogens (tertiary/aromatic N) is 1. The predicted octanol–water partition coefficient (Wildman–Crippen LogP) is 7.95. The molecule has 0 saturated carbocycles. The Morgan fingerprint density at radius 2 is 1.65 bits per heavy atom. The third kappa shape index (κ3) is 4.97. The first-order valence-corrected chi connectivity index (χ1v) is 11.5. The summed E-state index contributed by atoms with van der Waals surface area (Å²) < 4.78 is 57.9. The lowest BCUT2D eigenvalue weighted by Crippen LogP contribution is -2.17. The van der Waals surface area contributed by atoms with Crippen molar-refractivity contribution >= 4 is 23.1 Å². The molecule has 3 aromatic rings. The van der Waals surface area contributed by atoms with Crippen molar-refractivity contribution in [2.45, 2.75) is 39.0 Å². The van der Waals surface area contributed by atoms with Crippen molar-refractivity contribution in [2.75, 3.05) is 0 Å². The van der Waals surface area contributed by atoms with E-state index in [0.29, 0.717) is 41.0 Å². The maximum atomic E-state index is 15.0. The van der Waals surface area contributed by atoms with Gasteiger partial charge >= 0.3 is 0 Å². The molecule has 0 bridgehead atoms. The first-order valence-electron chi connectivity index (χ1n) is 11.1. The van der Waals surface area contributed by atoms with Crippen LogP contribution in [0, 0.1) is 41.0 Å². The summed E-state index contributed by atoms with van der Waals surface area (Å²) in [6.45, 7) is 2.12. The Bertz CT molecular complexity index is 1320. The van der Waals surface area contributed by atoms with Gasteiger partial charge in [-0.05, 0) is 90.0 Å². The second kappa shape index (κ2) is 10.3. The van der Waals surface area contributed by atoms with Crippen LogP contribution < -0.4 is 0 Å². The van der Waals surface area contributed by atoms with Crippen molar-refractivity contribution < 1.29 is 17.6 Å². The van der Waals surface area contributed by atoms with Gasteiger partial charge in [-0.2, -0.15) is 4.99 Å². The van der Waals surface area contributed by atoms with E-state index in [1.165, 1.54) is 6.07 Å². The molecule has 1 aliphatic rings. The number of thiocarbonyl (C=S) groups is 1. The van der Waals surface area contributed by atoms with E-state index in [2.05, 4.69) is 36.0 Å². The van der Waals surface area contributed by atoms with Crippen molar-refractivity contribution in [3.05, 3.63) is 88.0 Å². The molecule has 0 heterocycles. The van der Waals surface area contributed by atoms with E-state index in [4.69, 9.17) is 0 Å². The third-order valence-electron chi connectivity index (χ3n) is 6.14. The van der Waals surface area contributed by atoms with Crippen LogP contribution in [-0.4, -0.2) is 5.16 Å². The SMILES string of the molecule is CCCC1CCc2c(cc(F)c(C#Cc3ccc(-c4cc(F)c(N=C=S)c(F)c4)cc3)c2F)C1. The standard InChI is InChI=1S/C28H21F4NS/c1-2-3-18-7-10-22-21(12-18)15-24(29)23(27(22)32)11-6-17-4-8-19(9-5-17)20-13-25(30)28(33-16-34)26(31)14-20/h4-5,8-9,13-15,18H,2-3,7,10,12H2,1H3. The molecule has 34 heavy (non-hydrogen) atoms. The molecule has 0 N–H and O–H groups in total. The Hall–Kier alpha value is -3.26. The minimum Gasteiger partial charge on any atom is -0.206 e. The molecule has 1 aliphatic carbocycles. The lowest BCUT2D eigenvalue weighted by Gasteiger charge is -2.25. The Morgan fingerprint density at radius 1 is 0.941 bits per heavy atom. The van der Waals surface area contributed by atoms with Gasteiger partial charge in [0.2, 0.25) is 0 Å². The normalized spacial score (nSPS) is 14.6. The summed E-state index contributed by atoms with van der Waals surface area (Å²) in [5.74, 6) is 2.97. The van der Waals surface area contributed by atoms with E-state index in [9.17, 15) is 13.2 Å². The fourth-order valence-electron chi connectivity index (χ4n) is 4.46. The van der Waals surface area contributed by atoms with Crippen molar-refractivity contribution in [3.8, 4) is 23.0 Å². The minimum absolute atomic E-state index is 0.226. The molecule has 1 unspecified atom stereocenters. The highest BCUT2D eigenvalue weighted by Crippen LogP contribution is 2.33. The van der Waals surface area contributed by atoms with Gasteiger partial charge in [0, 0.05) is 5.56 Å². The second-order valence-electron chi connectivity index (χ2n) is 8.40. The van der Waals surface area contributed by atoms with Gasteiger partial charge in [-0.1, -0.05) is 43.7 Å². The highest BCUT2D eigenvalue weighted by Gasteiger charge is 2.24. The van der Waals surface area contributed by atoms with Crippen LogP contribution in [0.3, 0.4) is 0 Å². The lowest BCUT2D eigenvalue weighted by molar-refractivity contribution is 0.411. The fraction of sp³-hybridized carbons (Fsp3) is 0.250. The van der Waals surface area contributed by atoms with E-state index in [1.54, 1.807) is 24.3 Å². The second-order valence-corrected chi connectivity index (χ2v) is 8.58. The van der Waals surface area contributed by atoms with Crippen LogP contribution in [0.25, 0.3) is 11.1 Å². The van der Waals surface area contributed by atoms with Crippen molar-refractivity contribution in [1.82, 2.24) is 0 Å². The molecular formula is C28H21F4NS. The lowest BCUT2D eigenvalue weighted by atomic mass is 9.81. The largest absolute Gasteiger partial charge is 0.206 e. The third-order valence-corrected chi connectivity index (χ3v) is 6.24. The van der Waals surface area contributed by atoms with Crippen LogP contribution in [-0.2, 0) is 12.8 Å². The number of fused-ring (bicyclic) bond motifs is 1. The number of aliphatic imine (C=N–C) groups is 1. The van der Waals surface area contributed by atoms with Gasteiger partial charge in [-0.3, -0.25) is 0 Å². The summed E-state index contributed by atoms with van der Waals surface area (Å²) in [6, 6.07) is 10.3. The van der Waals surface area contributed by atoms with Crippen LogP contribution in [0.4, 0.5) is 23.2 Å². The molecular weight excluding hydrogens is 458 g/mol. The van der Waals surface area contributed by atoms with Gasteiger partial charge in [-0.15, -0.1) is 0 Å². The quantitative estimate of drug-likeness (QED) is 0.160. The van der Waals surface area contributed by atoms with Gasteiger partial charge in [0.1, 0.15) is 17.3 Å². The smallest absolute Gasteiger partial charge is 0.153 e. The van der Waals surface area contributed by atoms with Gasteiger partial charge in [-0.25, -0.2) is 17.6 Å². The average Bonchev–Trinajstić information content (AvgIpc) is 2.81. The Morgan fingerprint density at radius 3 is 2.29 bits per heavy atom. The minimum atomic E-state index is -0.851. The van der Waals surface area contributed by atoms with Crippen molar-refractivity contribution in [3.63, 3.8) is 0 Å². The molecule has 1 atom stereocenters. The Kier molecular flexibility index (Phi) is 7.26. The summed E-state index contributed by atoms with van der Waals surface area (Å²) >= 11 is 4.40. The maximum absolute atomic E-state index is 15.0. The topological polar surface area (TPSA) is 12.4 Å². The molecule has 0 radical (unpaired) electrons. The van der Waals surface area contributed by atoms with Gasteiger partial charge in [0.25, 0.3) is 0 Å². The highest BCUT2D eigenvalue weighted by molar-refractivity contribution is 7.78. The molecule has 4 rings (SSSR count). The Labute approximate surface area is 201 Å².